The van der Waals surface area contributed by atoms with E-state index in [-0.39, 0.29) is 5.82 Å². The first-order chi connectivity index (χ1) is 10.3. The molecule has 0 aromatic heterocycles. The predicted molar refractivity (Wildman–Crippen MR) is 90.5 cm³/mol. The zero-order chi connectivity index (χ0) is 16.7. The molecular formula is C20H24FN. The molecule has 0 aliphatic rings. The molecule has 2 aromatic rings. The molecule has 1 nitrogen and oxygen atoms in total. The van der Waals surface area contributed by atoms with Crippen molar-refractivity contribution in [1.29, 1.82) is 5.26 Å². The predicted octanol–water partition coefficient (Wildman–Crippen LogP) is 5.94. The summed E-state index contributed by atoms with van der Waals surface area (Å²) in [5.41, 5.74) is 3.79. The summed E-state index contributed by atoms with van der Waals surface area (Å²) in [6.07, 6.45) is 0. The first kappa shape index (κ1) is 17.9. The van der Waals surface area contributed by atoms with Crippen molar-refractivity contribution in [2.24, 2.45) is 0 Å². The third-order valence-electron chi connectivity index (χ3n) is 3.57. The second-order valence-corrected chi connectivity index (χ2v) is 6.05. The van der Waals surface area contributed by atoms with Crippen LogP contribution in [-0.4, -0.2) is 0 Å². The van der Waals surface area contributed by atoms with Gasteiger partial charge in [0.15, 0.2) is 0 Å². The van der Waals surface area contributed by atoms with Gasteiger partial charge in [0.2, 0.25) is 0 Å². The normalized spacial score (nSPS) is 10.1. The molecule has 0 atom stereocenters. The standard InChI is InChI=1S/C10H13F.C10H11N/c1-7(2)9-5-4-8(3)10(11)6-9;1-8(2)10-5-3-9(7-11)4-6-10/h4-7H,1-3H3;3-6,8H,1-2H3. The molecule has 2 heteroatoms. The summed E-state index contributed by atoms with van der Waals surface area (Å²) in [6, 6.07) is 15.2. The number of aryl methyl sites for hydroxylation is 1. The molecule has 0 unspecified atom stereocenters. The van der Waals surface area contributed by atoms with Gasteiger partial charge in [-0.15, -0.1) is 0 Å². The van der Waals surface area contributed by atoms with Crippen molar-refractivity contribution < 1.29 is 4.39 Å². The lowest BCUT2D eigenvalue weighted by Gasteiger charge is -2.05. The van der Waals surface area contributed by atoms with Gasteiger partial charge in [-0.2, -0.15) is 5.26 Å². The Morgan fingerprint density at radius 3 is 1.77 bits per heavy atom. The summed E-state index contributed by atoms with van der Waals surface area (Å²) >= 11 is 0. The van der Waals surface area contributed by atoms with Crippen molar-refractivity contribution >= 4 is 0 Å². The highest BCUT2D eigenvalue weighted by Crippen LogP contribution is 2.17. The molecule has 0 spiro atoms. The number of halogens is 1. The highest BCUT2D eigenvalue weighted by Gasteiger charge is 2.01. The maximum atomic E-state index is 12.9. The summed E-state index contributed by atoms with van der Waals surface area (Å²) in [5, 5.41) is 8.52. The number of hydrogen-bond donors (Lipinski definition) is 0. The van der Waals surface area contributed by atoms with E-state index in [0.717, 1.165) is 16.7 Å². The largest absolute Gasteiger partial charge is 0.207 e. The highest BCUT2D eigenvalue weighted by atomic mass is 19.1. The van der Waals surface area contributed by atoms with Crippen LogP contribution in [0.1, 0.15) is 61.8 Å². The third kappa shape index (κ3) is 5.33. The maximum absolute atomic E-state index is 12.9. The van der Waals surface area contributed by atoms with Gasteiger partial charge in [-0.3, -0.25) is 0 Å². The van der Waals surface area contributed by atoms with Gasteiger partial charge in [-0.1, -0.05) is 52.0 Å². The highest BCUT2D eigenvalue weighted by molar-refractivity contribution is 5.32. The van der Waals surface area contributed by atoms with Gasteiger partial charge in [0.05, 0.1) is 11.6 Å². The molecule has 0 bridgehead atoms. The van der Waals surface area contributed by atoms with Gasteiger partial charge in [-0.05, 0) is 53.6 Å². The molecule has 0 aliphatic heterocycles. The van der Waals surface area contributed by atoms with Crippen LogP contribution < -0.4 is 0 Å². The molecule has 2 aromatic carbocycles. The van der Waals surface area contributed by atoms with Crippen LogP contribution in [0.3, 0.4) is 0 Å². The summed E-state index contributed by atoms with van der Waals surface area (Å²) in [7, 11) is 0. The molecule has 0 saturated carbocycles. The number of benzene rings is 2. The van der Waals surface area contributed by atoms with Crippen molar-refractivity contribution in [3.8, 4) is 6.07 Å². The quantitative estimate of drug-likeness (QED) is 0.673. The Hall–Kier alpha value is -2.14. The number of nitrogens with zero attached hydrogens (tertiary/aromatic N) is 1. The first-order valence-electron chi connectivity index (χ1n) is 7.61. The Balaban J connectivity index is 0.000000220. The van der Waals surface area contributed by atoms with Crippen LogP contribution in [-0.2, 0) is 0 Å². The lowest BCUT2D eigenvalue weighted by atomic mass is 10.0. The number of hydrogen-bond acceptors (Lipinski definition) is 1. The van der Waals surface area contributed by atoms with Crippen LogP contribution in [0, 0.1) is 24.1 Å². The van der Waals surface area contributed by atoms with E-state index in [1.807, 2.05) is 36.4 Å². The number of nitriles is 1. The van der Waals surface area contributed by atoms with E-state index in [2.05, 4.69) is 33.8 Å². The van der Waals surface area contributed by atoms with E-state index in [4.69, 9.17) is 5.26 Å². The fourth-order valence-electron chi connectivity index (χ4n) is 1.91. The fourth-order valence-corrected chi connectivity index (χ4v) is 1.91. The lowest BCUT2D eigenvalue weighted by Crippen LogP contribution is -1.90. The van der Waals surface area contributed by atoms with Gasteiger partial charge >= 0.3 is 0 Å². The molecule has 2 rings (SSSR count). The Morgan fingerprint density at radius 2 is 1.36 bits per heavy atom. The Bertz CT molecular complexity index is 634. The van der Waals surface area contributed by atoms with Crippen LogP contribution >= 0.6 is 0 Å². The molecule has 0 fully saturated rings. The lowest BCUT2D eigenvalue weighted by molar-refractivity contribution is 0.614. The molecule has 0 N–H and O–H groups in total. The van der Waals surface area contributed by atoms with E-state index < -0.39 is 0 Å². The summed E-state index contributed by atoms with van der Waals surface area (Å²) in [5.74, 6) is 0.851. The van der Waals surface area contributed by atoms with Crippen molar-refractivity contribution in [3.63, 3.8) is 0 Å². The zero-order valence-corrected chi connectivity index (χ0v) is 14.0. The Labute approximate surface area is 133 Å². The van der Waals surface area contributed by atoms with E-state index in [1.54, 1.807) is 13.0 Å². The molecule has 0 heterocycles. The minimum Gasteiger partial charge on any atom is -0.207 e. The molecule has 0 radical (unpaired) electrons. The van der Waals surface area contributed by atoms with Crippen molar-refractivity contribution in [2.45, 2.75) is 46.5 Å². The van der Waals surface area contributed by atoms with Gasteiger partial charge in [-0.25, -0.2) is 4.39 Å². The minimum atomic E-state index is -0.101. The fraction of sp³-hybridized carbons (Fsp3) is 0.350. The van der Waals surface area contributed by atoms with E-state index in [9.17, 15) is 4.39 Å². The first-order valence-corrected chi connectivity index (χ1v) is 7.61. The molecule has 0 amide bonds. The summed E-state index contributed by atoms with van der Waals surface area (Å²) < 4.78 is 12.9. The zero-order valence-electron chi connectivity index (χ0n) is 14.0. The van der Waals surface area contributed by atoms with E-state index >= 15 is 0 Å². The molecular weight excluding hydrogens is 273 g/mol. The van der Waals surface area contributed by atoms with Gasteiger partial charge < -0.3 is 0 Å². The minimum absolute atomic E-state index is 0.101. The molecule has 0 aliphatic carbocycles. The summed E-state index contributed by atoms with van der Waals surface area (Å²) in [4.78, 5) is 0. The Kier molecular flexibility index (Phi) is 6.79. The van der Waals surface area contributed by atoms with Crippen molar-refractivity contribution in [3.05, 3.63) is 70.5 Å². The Morgan fingerprint density at radius 1 is 0.864 bits per heavy atom. The van der Waals surface area contributed by atoms with Gasteiger partial charge in [0.25, 0.3) is 0 Å². The van der Waals surface area contributed by atoms with Crippen LogP contribution in [0.25, 0.3) is 0 Å². The average molecular weight is 297 g/mol. The van der Waals surface area contributed by atoms with Crippen LogP contribution in [0.15, 0.2) is 42.5 Å². The molecule has 0 saturated heterocycles. The van der Waals surface area contributed by atoms with E-state index in [0.29, 0.717) is 11.8 Å². The maximum Gasteiger partial charge on any atom is 0.126 e. The van der Waals surface area contributed by atoms with Gasteiger partial charge in [0, 0.05) is 0 Å². The van der Waals surface area contributed by atoms with Crippen LogP contribution in [0.2, 0.25) is 0 Å². The topological polar surface area (TPSA) is 23.8 Å². The number of rotatable bonds is 2. The second kappa shape index (κ2) is 8.34. The van der Waals surface area contributed by atoms with Crippen LogP contribution in [0.4, 0.5) is 4.39 Å². The van der Waals surface area contributed by atoms with E-state index in [1.165, 1.54) is 5.56 Å². The molecule has 116 valence electrons. The average Bonchev–Trinajstić information content (AvgIpc) is 2.50. The smallest absolute Gasteiger partial charge is 0.126 e. The van der Waals surface area contributed by atoms with Crippen molar-refractivity contribution in [2.75, 3.05) is 0 Å². The van der Waals surface area contributed by atoms with Gasteiger partial charge in [0.1, 0.15) is 5.82 Å². The SMILES string of the molecule is CC(C)c1ccc(C#N)cc1.Cc1ccc(C(C)C)cc1F. The van der Waals surface area contributed by atoms with Crippen LogP contribution in [0.5, 0.6) is 0 Å². The monoisotopic (exact) mass is 297 g/mol. The molecule has 22 heavy (non-hydrogen) atoms. The third-order valence-corrected chi connectivity index (χ3v) is 3.57. The van der Waals surface area contributed by atoms with Crippen molar-refractivity contribution in [1.82, 2.24) is 0 Å². The summed E-state index contributed by atoms with van der Waals surface area (Å²) in [6.45, 7) is 10.2. The second-order valence-electron chi connectivity index (χ2n) is 6.05.